The van der Waals surface area contributed by atoms with Gasteiger partial charge in [0, 0.05) is 12.4 Å². The Morgan fingerprint density at radius 2 is 2.06 bits per heavy atom. The van der Waals surface area contributed by atoms with Crippen molar-refractivity contribution in [3.8, 4) is 0 Å². The fourth-order valence-corrected chi connectivity index (χ4v) is 2.83. The third kappa shape index (κ3) is 3.20. The zero-order valence-corrected chi connectivity index (χ0v) is 11.6. The summed E-state index contributed by atoms with van der Waals surface area (Å²) in [5, 5.41) is 3.48. The van der Waals surface area contributed by atoms with E-state index in [9.17, 15) is 0 Å². The van der Waals surface area contributed by atoms with Crippen LogP contribution in [0, 0.1) is 6.92 Å². The van der Waals surface area contributed by atoms with Crippen molar-refractivity contribution in [2.24, 2.45) is 0 Å². The minimum atomic E-state index is 0.367. The third-order valence-electron chi connectivity index (χ3n) is 3.86. The topological polar surface area (TPSA) is 24.9 Å². The lowest BCUT2D eigenvalue weighted by molar-refractivity contribution is 0.572. The van der Waals surface area contributed by atoms with Crippen molar-refractivity contribution in [2.45, 2.75) is 51.5 Å². The summed E-state index contributed by atoms with van der Waals surface area (Å²) in [7, 11) is 2.06. The van der Waals surface area contributed by atoms with Crippen molar-refractivity contribution in [3.05, 3.63) is 41.2 Å². The molecule has 1 heterocycles. The average molecular weight is 244 g/mol. The number of aryl methyl sites for hydroxylation is 1. The number of nitrogens with zero attached hydrogens (tertiary/aromatic N) is 1. The Hall–Kier alpha value is -1.15. The van der Waals surface area contributed by atoms with E-state index in [1.165, 1.54) is 49.7 Å². The van der Waals surface area contributed by atoms with Crippen LogP contribution in [0.4, 0.5) is 0 Å². The minimum absolute atomic E-state index is 0.367. The molecule has 1 N–H and O–H groups in total. The lowest BCUT2D eigenvalue weighted by Gasteiger charge is -2.23. The normalized spacial score (nSPS) is 21.6. The van der Waals surface area contributed by atoms with Gasteiger partial charge >= 0.3 is 0 Å². The van der Waals surface area contributed by atoms with Crippen LogP contribution in [0.25, 0.3) is 0 Å². The summed E-state index contributed by atoms with van der Waals surface area (Å²) in [4.78, 5) is 4.19. The number of aromatic nitrogens is 1. The standard InChI is InChI=1S/C16H24N2/c1-13-12-18-11-10-15(13)16(17-2)14-8-6-4-3-5-7-9-14/h8,10-12,16-17H,3-7,9H2,1-2H3/b14-8+. The molecule has 0 aromatic carbocycles. The van der Waals surface area contributed by atoms with Crippen LogP contribution in [0.15, 0.2) is 30.1 Å². The summed E-state index contributed by atoms with van der Waals surface area (Å²) < 4.78 is 0. The average Bonchev–Trinajstić information content (AvgIpc) is 2.34. The number of hydrogen-bond acceptors (Lipinski definition) is 2. The SMILES string of the molecule is CNC(/C1=C/CCCCCC1)c1ccncc1C. The first-order chi connectivity index (χ1) is 8.83. The van der Waals surface area contributed by atoms with Crippen LogP contribution >= 0.6 is 0 Å². The van der Waals surface area contributed by atoms with Gasteiger partial charge in [0.15, 0.2) is 0 Å². The number of allylic oxidation sites excluding steroid dienone is 1. The molecule has 1 aliphatic carbocycles. The Morgan fingerprint density at radius 1 is 1.22 bits per heavy atom. The number of pyridine rings is 1. The summed E-state index contributed by atoms with van der Waals surface area (Å²) >= 11 is 0. The first-order valence-corrected chi connectivity index (χ1v) is 7.09. The number of rotatable bonds is 3. The van der Waals surface area contributed by atoms with Crippen molar-refractivity contribution in [1.29, 1.82) is 0 Å². The van der Waals surface area contributed by atoms with Crippen LogP contribution in [0.1, 0.15) is 55.7 Å². The molecule has 1 atom stereocenters. The van der Waals surface area contributed by atoms with Gasteiger partial charge in [0.2, 0.25) is 0 Å². The monoisotopic (exact) mass is 244 g/mol. The molecule has 2 heteroatoms. The molecule has 2 rings (SSSR count). The molecule has 0 amide bonds. The number of hydrogen-bond donors (Lipinski definition) is 1. The van der Waals surface area contributed by atoms with Gasteiger partial charge in [-0.3, -0.25) is 4.98 Å². The molecule has 1 aliphatic rings. The van der Waals surface area contributed by atoms with Crippen LogP contribution in [0.3, 0.4) is 0 Å². The smallest absolute Gasteiger partial charge is 0.0537 e. The van der Waals surface area contributed by atoms with Crippen LogP contribution in [0.5, 0.6) is 0 Å². The van der Waals surface area contributed by atoms with Gasteiger partial charge in [0.25, 0.3) is 0 Å². The van der Waals surface area contributed by atoms with Crippen molar-refractivity contribution in [1.82, 2.24) is 10.3 Å². The molecule has 98 valence electrons. The van der Waals surface area contributed by atoms with E-state index >= 15 is 0 Å². The van der Waals surface area contributed by atoms with Crippen LogP contribution in [-0.4, -0.2) is 12.0 Å². The van der Waals surface area contributed by atoms with Crippen molar-refractivity contribution < 1.29 is 0 Å². The Labute approximate surface area is 111 Å². The van der Waals surface area contributed by atoms with Gasteiger partial charge in [-0.25, -0.2) is 0 Å². The summed E-state index contributed by atoms with van der Waals surface area (Å²) in [5.41, 5.74) is 4.21. The second kappa shape index (κ2) is 6.69. The zero-order chi connectivity index (χ0) is 12.8. The highest BCUT2D eigenvalue weighted by atomic mass is 14.9. The molecule has 1 unspecified atom stereocenters. The van der Waals surface area contributed by atoms with E-state index in [4.69, 9.17) is 0 Å². The first-order valence-electron chi connectivity index (χ1n) is 7.09. The lowest BCUT2D eigenvalue weighted by Crippen LogP contribution is -2.20. The highest BCUT2D eigenvalue weighted by Crippen LogP contribution is 2.29. The summed E-state index contributed by atoms with van der Waals surface area (Å²) in [6.07, 6.45) is 14.2. The molecule has 0 radical (unpaired) electrons. The molecular weight excluding hydrogens is 220 g/mol. The quantitative estimate of drug-likeness (QED) is 0.815. The fourth-order valence-electron chi connectivity index (χ4n) is 2.83. The van der Waals surface area contributed by atoms with Crippen LogP contribution in [0.2, 0.25) is 0 Å². The molecule has 0 fully saturated rings. The van der Waals surface area contributed by atoms with Gasteiger partial charge < -0.3 is 5.32 Å². The molecule has 0 saturated carbocycles. The Kier molecular flexibility index (Phi) is 4.94. The van der Waals surface area contributed by atoms with Gasteiger partial charge in [-0.05, 0) is 56.8 Å². The Bertz CT molecular complexity index is 409. The summed E-state index contributed by atoms with van der Waals surface area (Å²) in [5.74, 6) is 0. The van der Waals surface area contributed by atoms with E-state index in [2.05, 4.69) is 36.4 Å². The highest BCUT2D eigenvalue weighted by Gasteiger charge is 2.16. The van der Waals surface area contributed by atoms with E-state index in [0.29, 0.717) is 6.04 Å². The molecular formula is C16H24N2. The maximum atomic E-state index is 4.19. The minimum Gasteiger partial charge on any atom is -0.310 e. The highest BCUT2D eigenvalue weighted by molar-refractivity contribution is 5.32. The second-order valence-electron chi connectivity index (χ2n) is 5.19. The van der Waals surface area contributed by atoms with E-state index in [1.807, 2.05) is 12.4 Å². The molecule has 0 saturated heterocycles. The maximum Gasteiger partial charge on any atom is 0.0537 e. The first kappa shape index (κ1) is 13.3. The van der Waals surface area contributed by atoms with Crippen LogP contribution in [-0.2, 0) is 0 Å². The largest absolute Gasteiger partial charge is 0.310 e. The molecule has 1 aromatic heterocycles. The summed E-state index contributed by atoms with van der Waals surface area (Å²) in [6.45, 7) is 2.15. The molecule has 0 aliphatic heterocycles. The third-order valence-corrected chi connectivity index (χ3v) is 3.86. The molecule has 18 heavy (non-hydrogen) atoms. The zero-order valence-electron chi connectivity index (χ0n) is 11.6. The van der Waals surface area contributed by atoms with Crippen LogP contribution < -0.4 is 5.32 Å². The van der Waals surface area contributed by atoms with E-state index in [-0.39, 0.29) is 0 Å². The van der Waals surface area contributed by atoms with E-state index < -0.39 is 0 Å². The fraction of sp³-hybridized carbons (Fsp3) is 0.562. The van der Waals surface area contributed by atoms with Gasteiger partial charge in [0.1, 0.15) is 0 Å². The van der Waals surface area contributed by atoms with Crippen molar-refractivity contribution >= 4 is 0 Å². The number of likely N-dealkylation sites (N-methyl/N-ethyl adjacent to an activating group) is 1. The predicted molar refractivity (Wildman–Crippen MR) is 76.6 cm³/mol. The summed E-state index contributed by atoms with van der Waals surface area (Å²) in [6, 6.07) is 2.52. The van der Waals surface area contributed by atoms with E-state index in [1.54, 1.807) is 5.57 Å². The van der Waals surface area contributed by atoms with Crippen molar-refractivity contribution in [2.75, 3.05) is 7.05 Å². The maximum absolute atomic E-state index is 4.19. The van der Waals surface area contributed by atoms with Gasteiger partial charge in [-0.2, -0.15) is 0 Å². The predicted octanol–water partition coefficient (Wildman–Crippen LogP) is 3.93. The second-order valence-corrected chi connectivity index (χ2v) is 5.19. The van der Waals surface area contributed by atoms with E-state index in [0.717, 1.165) is 0 Å². The van der Waals surface area contributed by atoms with Gasteiger partial charge in [-0.1, -0.05) is 24.5 Å². The molecule has 0 spiro atoms. The Morgan fingerprint density at radius 3 is 2.83 bits per heavy atom. The molecule has 2 nitrogen and oxygen atoms in total. The lowest BCUT2D eigenvalue weighted by atomic mass is 9.90. The molecule has 0 bridgehead atoms. The Balaban J connectivity index is 2.24. The number of nitrogens with one attached hydrogen (secondary N) is 1. The van der Waals surface area contributed by atoms with Crippen molar-refractivity contribution in [3.63, 3.8) is 0 Å². The van der Waals surface area contributed by atoms with Gasteiger partial charge in [0.05, 0.1) is 6.04 Å². The molecule has 1 aromatic rings. The van der Waals surface area contributed by atoms with Gasteiger partial charge in [-0.15, -0.1) is 0 Å².